The molecule has 0 unspecified atom stereocenters. The fourth-order valence-electron chi connectivity index (χ4n) is 5.70. The van der Waals surface area contributed by atoms with Crippen molar-refractivity contribution in [1.82, 2.24) is 0 Å². The van der Waals surface area contributed by atoms with Crippen LogP contribution in [0.4, 0.5) is 0 Å². The van der Waals surface area contributed by atoms with E-state index in [-0.39, 0.29) is 21.7 Å². The molecule has 0 spiro atoms. The van der Waals surface area contributed by atoms with Gasteiger partial charge in [-0.05, 0) is 69.6 Å². The molecular weight excluding hydrogens is 488 g/mol. The first-order valence-electron chi connectivity index (χ1n) is 15.3. The van der Waals surface area contributed by atoms with Crippen molar-refractivity contribution in [2.45, 2.75) is 130 Å². The lowest BCUT2D eigenvalue weighted by atomic mass is 9.76. The molecule has 2 aromatic carbocycles. The van der Waals surface area contributed by atoms with Crippen molar-refractivity contribution in [3.8, 4) is 11.5 Å². The lowest BCUT2D eigenvalue weighted by Gasteiger charge is -2.29. The summed E-state index contributed by atoms with van der Waals surface area (Å²) in [6.07, 6.45) is 13.7. The van der Waals surface area contributed by atoms with Gasteiger partial charge in [0, 0.05) is 22.3 Å². The van der Waals surface area contributed by atoms with Crippen molar-refractivity contribution in [2.75, 3.05) is 0 Å². The van der Waals surface area contributed by atoms with Crippen LogP contribution in [0.25, 0.3) is 12.2 Å². The Morgan fingerprint density at radius 3 is 1.12 bits per heavy atom. The van der Waals surface area contributed by atoms with Crippen molar-refractivity contribution in [2.24, 2.45) is 11.8 Å². The van der Waals surface area contributed by atoms with Crippen LogP contribution < -0.4 is 0 Å². The van der Waals surface area contributed by atoms with Gasteiger partial charge in [0.05, 0.1) is 0 Å². The third-order valence-electron chi connectivity index (χ3n) is 8.55. The monoisotopic (exact) mass is 544 g/mol. The summed E-state index contributed by atoms with van der Waals surface area (Å²) in [5.41, 5.74) is 6.06. The Bertz CT molecular complexity index is 1150. The molecule has 0 radical (unpaired) electrons. The molecule has 1 fully saturated rings. The van der Waals surface area contributed by atoms with Gasteiger partial charge in [0.1, 0.15) is 11.5 Å². The van der Waals surface area contributed by atoms with Crippen molar-refractivity contribution in [3.05, 3.63) is 69.8 Å². The van der Waals surface area contributed by atoms with Crippen LogP contribution in [0.2, 0.25) is 0 Å². The van der Waals surface area contributed by atoms with Crippen LogP contribution in [0, 0.1) is 11.8 Å². The van der Waals surface area contributed by atoms with E-state index in [1.54, 1.807) is 0 Å². The van der Waals surface area contributed by atoms with Gasteiger partial charge in [-0.3, -0.25) is 0 Å². The number of phenolic OH excluding ortho intramolecular Hbond substituents is 2. The number of rotatable bonds is 4. The second-order valence-corrected chi connectivity index (χ2v) is 16.3. The van der Waals surface area contributed by atoms with Gasteiger partial charge in [0.25, 0.3) is 0 Å². The number of hydrogen-bond acceptors (Lipinski definition) is 2. The summed E-state index contributed by atoms with van der Waals surface area (Å²) >= 11 is 0. The molecule has 2 N–H and O–H groups in total. The van der Waals surface area contributed by atoms with Gasteiger partial charge in [0.2, 0.25) is 0 Å². The minimum atomic E-state index is -0.139. The topological polar surface area (TPSA) is 40.5 Å². The molecule has 2 heteroatoms. The molecule has 2 atom stereocenters. The Kier molecular flexibility index (Phi) is 9.15. The van der Waals surface area contributed by atoms with Crippen LogP contribution in [0.1, 0.15) is 142 Å². The van der Waals surface area contributed by atoms with E-state index in [1.165, 1.54) is 24.0 Å². The van der Waals surface area contributed by atoms with Crippen LogP contribution in [-0.4, -0.2) is 10.2 Å². The second-order valence-electron chi connectivity index (χ2n) is 16.3. The zero-order valence-corrected chi connectivity index (χ0v) is 27.5. The van der Waals surface area contributed by atoms with Crippen LogP contribution in [0.5, 0.6) is 11.5 Å². The third-order valence-corrected chi connectivity index (χ3v) is 8.55. The molecule has 0 heterocycles. The predicted octanol–water partition coefficient (Wildman–Crippen LogP) is 10.8. The maximum Gasteiger partial charge on any atom is 0.126 e. The Labute approximate surface area is 245 Å². The summed E-state index contributed by atoms with van der Waals surface area (Å²) < 4.78 is 0. The fraction of sp³-hybridized carbons (Fsp3) is 0.579. The molecule has 0 saturated heterocycles. The third kappa shape index (κ3) is 7.62. The van der Waals surface area contributed by atoms with Gasteiger partial charge in [-0.1, -0.05) is 132 Å². The molecule has 0 amide bonds. The Morgan fingerprint density at radius 2 is 0.850 bits per heavy atom. The lowest BCUT2D eigenvalue weighted by molar-refractivity contribution is 0.339. The minimum absolute atomic E-state index is 0.00189. The van der Waals surface area contributed by atoms with Crippen molar-refractivity contribution in [1.29, 1.82) is 0 Å². The quantitative estimate of drug-likeness (QED) is 0.402. The van der Waals surface area contributed by atoms with Crippen LogP contribution in [-0.2, 0) is 21.7 Å². The Balaban J connectivity index is 2.00. The molecule has 0 aromatic heterocycles. The van der Waals surface area contributed by atoms with Crippen molar-refractivity contribution >= 4 is 12.2 Å². The maximum atomic E-state index is 11.3. The van der Waals surface area contributed by atoms with Crippen molar-refractivity contribution in [3.63, 3.8) is 0 Å². The molecule has 0 aliphatic heterocycles. The molecular formula is C38H56O2. The highest BCUT2D eigenvalue weighted by Crippen LogP contribution is 2.41. The first kappa shape index (κ1) is 32.0. The summed E-state index contributed by atoms with van der Waals surface area (Å²) in [4.78, 5) is 0. The molecule has 40 heavy (non-hydrogen) atoms. The number of allylic oxidation sites excluding steroid dienone is 2. The van der Waals surface area contributed by atoms with Crippen LogP contribution in [0.3, 0.4) is 0 Å². The largest absolute Gasteiger partial charge is 0.507 e. The van der Waals surface area contributed by atoms with E-state index in [9.17, 15) is 10.2 Å². The van der Waals surface area contributed by atoms with E-state index >= 15 is 0 Å². The highest BCUT2D eigenvalue weighted by atomic mass is 16.3. The predicted molar refractivity (Wildman–Crippen MR) is 175 cm³/mol. The van der Waals surface area contributed by atoms with Crippen LogP contribution >= 0.6 is 0 Å². The van der Waals surface area contributed by atoms with E-state index in [2.05, 4.69) is 132 Å². The van der Waals surface area contributed by atoms with Gasteiger partial charge in [-0.15, -0.1) is 0 Å². The Hall–Kier alpha value is -2.48. The minimum Gasteiger partial charge on any atom is -0.507 e. The number of hydrogen-bond donors (Lipinski definition) is 2. The SMILES string of the molecule is CC(C)(C)c1cc(/C=C/[C@H]2CCCC[C@@H]2/C=C/c2cc(C(C)(C)C)cc(C(C)(C)C)c2O)c(O)c(C(C)(C)C)c1. The van der Waals surface area contributed by atoms with E-state index < -0.39 is 0 Å². The van der Waals surface area contributed by atoms with E-state index in [0.29, 0.717) is 23.3 Å². The molecule has 0 bridgehead atoms. The van der Waals surface area contributed by atoms with Gasteiger partial charge in [0.15, 0.2) is 0 Å². The summed E-state index contributed by atoms with van der Waals surface area (Å²) in [6.45, 7) is 26.4. The summed E-state index contributed by atoms with van der Waals surface area (Å²) in [6, 6.07) is 8.70. The van der Waals surface area contributed by atoms with Gasteiger partial charge in [-0.25, -0.2) is 0 Å². The zero-order valence-electron chi connectivity index (χ0n) is 27.5. The normalized spacial score (nSPS) is 19.6. The molecule has 2 nitrogen and oxygen atoms in total. The molecule has 1 aliphatic carbocycles. The number of phenols is 2. The first-order chi connectivity index (χ1) is 18.2. The van der Waals surface area contributed by atoms with E-state index in [1.807, 2.05) is 0 Å². The van der Waals surface area contributed by atoms with E-state index in [0.717, 1.165) is 35.1 Å². The molecule has 1 saturated carbocycles. The highest BCUT2D eigenvalue weighted by molar-refractivity contribution is 5.64. The summed E-state index contributed by atoms with van der Waals surface area (Å²) in [5, 5.41) is 22.6. The van der Waals surface area contributed by atoms with Crippen LogP contribution in [0.15, 0.2) is 36.4 Å². The molecule has 2 aromatic rings. The number of benzene rings is 2. The standard InChI is InChI=1S/C38H56O2/c1-35(2,3)29-21-27(33(39)31(23-29)37(7,8)9)19-17-25-15-13-14-16-26(25)18-20-28-22-30(36(4,5)6)24-32(34(28)40)38(10,11)12/h17-26,39-40H,13-16H2,1-12H3/b19-17+,20-18+/t25-,26-/m1/s1. The lowest BCUT2D eigenvalue weighted by Crippen LogP contribution is -2.18. The highest BCUT2D eigenvalue weighted by Gasteiger charge is 2.27. The van der Waals surface area contributed by atoms with Crippen molar-refractivity contribution < 1.29 is 10.2 Å². The molecule has 3 rings (SSSR count). The molecule has 220 valence electrons. The average molecular weight is 545 g/mol. The smallest absolute Gasteiger partial charge is 0.126 e. The first-order valence-corrected chi connectivity index (χ1v) is 15.3. The molecule has 1 aliphatic rings. The van der Waals surface area contributed by atoms with E-state index in [4.69, 9.17) is 0 Å². The fourth-order valence-corrected chi connectivity index (χ4v) is 5.70. The Morgan fingerprint density at radius 1 is 0.525 bits per heavy atom. The van der Waals surface area contributed by atoms with Gasteiger partial charge < -0.3 is 10.2 Å². The van der Waals surface area contributed by atoms with Gasteiger partial charge >= 0.3 is 0 Å². The maximum absolute atomic E-state index is 11.3. The zero-order chi connectivity index (χ0) is 30.3. The number of aromatic hydroxyl groups is 2. The summed E-state index contributed by atoms with van der Waals surface area (Å²) in [5.74, 6) is 1.60. The summed E-state index contributed by atoms with van der Waals surface area (Å²) in [7, 11) is 0. The van der Waals surface area contributed by atoms with Gasteiger partial charge in [-0.2, -0.15) is 0 Å². The average Bonchev–Trinajstić information content (AvgIpc) is 2.80. The second kappa shape index (κ2) is 11.4.